The molecule has 0 unspecified atom stereocenters. The first-order valence-electron chi connectivity index (χ1n) is 14.5. The minimum atomic E-state index is -2.84. The predicted octanol–water partition coefficient (Wildman–Crippen LogP) is 1.54. The van der Waals surface area contributed by atoms with Crippen LogP contribution in [0.15, 0.2) is 24.3 Å². The molecular formula is C28H37N9O3S. The van der Waals surface area contributed by atoms with E-state index < -0.39 is 9.84 Å². The van der Waals surface area contributed by atoms with E-state index in [4.69, 9.17) is 24.7 Å². The number of fused-ring (bicyclic) bond motifs is 2. The van der Waals surface area contributed by atoms with Gasteiger partial charge >= 0.3 is 0 Å². The lowest BCUT2D eigenvalue weighted by atomic mass is 10.1. The largest absolute Gasteiger partial charge is 0.378 e. The molecule has 13 heteroatoms. The van der Waals surface area contributed by atoms with Gasteiger partial charge in [0.2, 0.25) is 5.95 Å². The molecule has 0 amide bonds. The quantitative estimate of drug-likeness (QED) is 0.345. The van der Waals surface area contributed by atoms with Crippen LogP contribution in [0.4, 0.5) is 5.82 Å². The van der Waals surface area contributed by atoms with Crippen molar-refractivity contribution in [1.82, 2.24) is 38.9 Å². The Bertz CT molecular complexity index is 1670. The van der Waals surface area contributed by atoms with Gasteiger partial charge in [0, 0.05) is 52.4 Å². The van der Waals surface area contributed by atoms with Crippen molar-refractivity contribution in [3.8, 4) is 5.95 Å². The normalized spacial score (nSPS) is 21.3. The van der Waals surface area contributed by atoms with Gasteiger partial charge < -0.3 is 14.2 Å². The number of morpholine rings is 1. The van der Waals surface area contributed by atoms with Crippen molar-refractivity contribution >= 4 is 37.9 Å². The van der Waals surface area contributed by atoms with E-state index in [0.29, 0.717) is 36.7 Å². The first-order chi connectivity index (χ1) is 19.9. The number of para-hydroxylation sites is 2. The molecule has 0 radical (unpaired) electrons. The molecule has 0 spiro atoms. The molecule has 3 aliphatic heterocycles. The Kier molecular flexibility index (Phi) is 6.92. The van der Waals surface area contributed by atoms with Crippen molar-refractivity contribution in [2.24, 2.45) is 7.05 Å². The number of rotatable bonds is 5. The molecule has 6 heterocycles. The van der Waals surface area contributed by atoms with Crippen molar-refractivity contribution in [3.63, 3.8) is 0 Å². The third-order valence-corrected chi connectivity index (χ3v) is 10.5. The van der Waals surface area contributed by atoms with Gasteiger partial charge in [-0.2, -0.15) is 9.97 Å². The van der Waals surface area contributed by atoms with E-state index in [9.17, 15) is 8.42 Å². The second-order valence-corrected chi connectivity index (χ2v) is 13.7. The monoisotopic (exact) mass is 579 g/mol. The number of aryl methyl sites for hydroxylation is 2. The summed E-state index contributed by atoms with van der Waals surface area (Å²) in [6.45, 7) is 9.30. The number of hydrogen-bond donors (Lipinski definition) is 0. The molecule has 0 bridgehead atoms. The number of hydrogen-bond acceptors (Lipinski definition) is 10. The summed E-state index contributed by atoms with van der Waals surface area (Å²) >= 11 is 0. The smallest absolute Gasteiger partial charge is 0.239 e. The molecule has 3 aliphatic rings. The van der Waals surface area contributed by atoms with Gasteiger partial charge in [-0.25, -0.2) is 18.4 Å². The molecule has 0 aliphatic carbocycles. The molecule has 41 heavy (non-hydrogen) atoms. The highest BCUT2D eigenvalue weighted by Crippen LogP contribution is 2.29. The number of nitrogens with zero attached hydrogens (tertiary/aromatic N) is 9. The van der Waals surface area contributed by atoms with Crippen LogP contribution in [0, 0.1) is 6.92 Å². The molecule has 218 valence electrons. The summed E-state index contributed by atoms with van der Waals surface area (Å²) in [4.78, 5) is 27.2. The van der Waals surface area contributed by atoms with Crippen LogP contribution >= 0.6 is 0 Å². The van der Waals surface area contributed by atoms with Gasteiger partial charge in [0.15, 0.2) is 17.0 Å². The lowest BCUT2D eigenvalue weighted by Crippen LogP contribution is -2.51. The zero-order valence-electron chi connectivity index (χ0n) is 23.7. The maximum absolute atomic E-state index is 11.9. The molecule has 0 N–H and O–H groups in total. The zero-order valence-corrected chi connectivity index (χ0v) is 24.6. The first-order valence-corrected chi connectivity index (χ1v) is 16.4. The fraction of sp³-hybridized carbons (Fsp3) is 0.571. The van der Waals surface area contributed by atoms with E-state index in [1.54, 1.807) is 0 Å². The number of ether oxygens (including phenoxy) is 1. The van der Waals surface area contributed by atoms with Crippen LogP contribution in [0.3, 0.4) is 0 Å². The van der Waals surface area contributed by atoms with Gasteiger partial charge in [-0.15, -0.1) is 0 Å². The van der Waals surface area contributed by atoms with Gasteiger partial charge in [0.25, 0.3) is 0 Å². The van der Waals surface area contributed by atoms with E-state index in [2.05, 4.69) is 25.3 Å². The molecule has 7 rings (SSSR count). The van der Waals surface area contributed by atoms with Gasteiger partial charge in [-0.3, -0.25) is 14.4 Å². The number of piperazine rings is 1. The molecule has 1 aromatic carbocycles. The Hall–Kier alpha value is -3.13. The molecule has 3 saturated heterocycles. The van der Waals surface area contributed by atoms with E-state index in [1.807, 2.05) is 36.7 Å². The molecule has 3 fully saturated rings. The van der Waals surface area contributed by atoms with Crippen LogP contribution in [0.5, 0.6) is 0 Å². The van der Waals surface area contributed by atoms with Crippen LogP contribution in [0.2, 0.25) is 0 Å². The first kappa shape index (κ1) is 26.7. The van der Waals surface area contributed by atoms with Crippen LogP contribution in [0.1, 0.15) is 24.5 Å². The number of benzene rings is 1. The van der Waals surface area contributed by atoms with Gasteiger partial charge in [-0.1, -0.05) is 12.1 Å². The third-order valence-electron chi connectivity index (χ3n) is 8.83. The van der Waals surface area contributed by atoms with Crippen molar-refractivity contribution in [2.45, 2.75) is 32.4 Å². The number of imidazole rings is 2. The van der Waals surface area contributed by atoms with Crippen LogP contribution in [-0.2, 0) is 28.2 Å². The average Bonchev–Trinajstić information content (AvgIpc) is 3.48. The van der Waals surface area contributed by atoms with Crippen molar-refractivity contribution in [3.05, 3.63) is 35.9 Å². The van der Waals surface area contributed by atoms with Crippen LogP contribution in [0.25, 0.3) is 28.1 Å². The van der Waals surface area contributed by atoms with Crippen LogP contribution in [-0.4, -0.2) is 117 Å². The summed E-state index contributed by atoms with van der Waals surface area (Å²) in [5.74, 6) is 3.88. The second-order valence-electron chi connectivity index (χ2n) is 11.4. The summed E-state index contributed by atoms with van der Waals surface area (Å²) in [6, 6.07) is 8.45. The molecule has 4 aromatic rings. The summed E-state index contributed by atoms with van der Waals surface area (Å²) in [5, 5.41) is 0. The number of aromatic nitrogens is 6. The maximum atomic E-state index is 11.9. The van der Waals surface area contributed by atoms with Crippen molar-refractivity contribution in [2.75, 3.05) is 68.9 Å². The SMILES string of the molecule is Cc1nc2ccccc2n1-c1nc(N2CCOCC2)c2nc(CN3CCN(C4CCS(=O)(=O)CC4)CC3)n(C)c2n1. The van der Waals surface area contributed by atoms with Gasteiger partial charge in [0.05, 0.1) is 42.3 Å². The summed E-state index contributed by atoms with van der Waals surface area (Å²) in [5.41, 5.74) is 3.53. The van der Waals surface area contributed by atoms with E-state index in [-0.39, 0.29) is 0 Å². The lowest BCUT2D eigenvalue weighted by Gasteiger charge is -2.40. The highest BCUT2D eigenvalue weighted by atomic mass is 32.2. The van der Waals surface area contributed by atoms with E-state index in [0.717, 1.165) is 98.3 Å². The predicted molar refractivity (Wildman–Crippen MR) is 157 cm³/mol. The van der Waals surface area contributed by atoms with Crippen molar-refractivity contribution in [1.29, 1.82) is 0 Å². The van der Waals surface area contributed by atoms with Crippen LogP contribution < -0.4 is 4.90 Å². The fourth-order valence-corrected chi connectivity index (χ4v) is 7.91. The highest BCUT2D eigenvalue weighted by Gasteiger charge is 2.31. The average molecular weight is 580 g/mol. The molecule has 12 nitrogen and oxygen atoms in total. The van der Waals surface area contributed by atoms with E-state index >= 15 is 0 Å². The minimum Gasteiger partial charge on any atom is -0.378 e. The molecular weight excluding hydrogens is 542 g/mol. The minimum absolute atomic E-state index is 0.320. The van der Waals surface area contributed by atoms with Gasteiger partial charge in [-0.05, 0) is 31.9 Å². The topological polar surface area (TPSA) is 115 Å². The molecule has 0 saturated carbocycles. The Labute approximate surface area is 239 Å². The second kappa shape index (κ2) is 10.6. The zero-order chi connectivity index (χ0) is 28.1. The standard InChI is InChI=1S/C28H37N9O3S/c1-20-29-22-5-3-4-6-23(22)37(20)28-31-26-25(27(32-28)36-13-15-40-16-14-36)30-24(33(26)2)19-34-9-11-35(12-10-34)21-7-17-41(38,39)18-8-21/h3-6,21H,7-19H2,1-2H3. The maximum Gasteiger partial charge on any atom is 0.239 e. The Morgan fingerprint density at radius 1 is 0.927 bits per heavy atom. The fourth-order valence-electron chi connectivity index (χ4n) is 6.45. The lowest BCUT2D eigenvalue weighted by molar-refractivity contribution is 0.0854. The summed E-state index contributed by atoms with van der Waals surface area (Å²) in [7, 11) is -0.797. The summed E-state index contributed by atoms with van der Waals surface area (Å²) in [6.07, 6.45) is 1.51. The molecule has 3 aromatic heterocycles. The third kappa shape index (κ3) is 5.09. The number of anilines is 1. The van der Waals surface area contributed by atoms with Gasteiger partial charge in [0.1, 0.15) is 21.5 Å². The van der Waals surface area contributed by atoms with Crippen molar-refractivity contribution < 1.29 is 13.2 Å². The molecule has 0 atom stereocenters. The highest BCUT2D eigenvalue weighted by molar-refractivity contribution is 7.91. The summed E-state index contributed by atoms with van der Waals surface area (Å²) < 4.78 is 33.5. The Morgan fingerprint density at radius 2 is 1.66 bits per heavy atom. The Balaban J connectivity index is 1.18. The number of sulfone groups is 1. The Morgan fingerprint density at radius 3 is 2.41 bits per heavy atom. The van der Waals surface area contributed by atoms with E-state index in [1.165, 1.54) is 0 Å².